The predicted molar refractivity (Wildman–Crippen MR) is 71.6 cm³/mol. The van der Waals surface area contributed by atoms with Crippen molar-refractivity contribution in [3.05, 3.63) is 29.8 Å². The van der Waals surface area contributed by atoms with Gasteiger partial charge in [0.2, 0.25) is 0 Å². The fourth-order valence-electron chi connectivity index (χ4n) is 2.54. The second kappa shape index (κ2) is 6.18. The summed E-state index contributed by atoms with van der Waals surface area (Å²) in [5.41, 5.74) is 7.11. The van der Waals surface area contributed by atoms with E-state index in [1.165, 1.54) is 5.56 Å². The summed E-state index contributed by atoms with van der Waals surface area (Å²) < 4.78 is 5.25. The Kier molecular flexibility index (Phi) is 4.58. The number of methoxy groups -OCH3 is 1. The van der Waals surface area contributed by atoms with Crippen LogP contribution in [0.1, 0.15) is 24.4 Å². The number of nitrogens with two attached hydrogens (primary N) is 1. The van der Waals surface area contributed by atoms with Gasteiger partial charge >= 0.3 is 0 Å². The first kappa shape index (κ1) is 13.3. The molecule has 4 nitrogen and oxygen atoms in total. The molecule has 1 atom stereocenters. The molecule has 0 saturated carbocycles. The van der Waals surface area contributed by atoms with Crippen LogP contribution in [0.3, 0.4) is 0 Å². The Morgan fingerprint density at radius 3 is 2.78 bits per heavy atom. The number of rotatable bonds is 4. The molecule has 4 heteroatoms. The molecule has 0 bridgehead atoms. The lowest BCUT2D eigenvalue weighted by Gasteiger charge is -2.36. The Bertz CT molecular complexity index is 376. The third kappa shape index (κ3) is 3.02. The normalized spacial score (nSPS) is 19.7. The molecule has 0 aromatic heterocycles. The van der Waals surface area contributed by atoms with Crippen LogP contribution in [0, 0.1) is 0 Å². The molecule has 1 fully saturated rings. The maximum atomic E-state index is 9.56. The molecule has 1 aromatic carbocycles. The standard InChI is InChI=1S/C14H22N2O2/c1-18-13-4-2-3-11(9-13)14(10-15)16-7-5-12(17)6-8-16/h2-4,9,12,14,17H,5-8,10,15H2,1H3. The van der Waals surface area contributed by atoms with Crippen molar-refractivity contribution in [3.8, 4) is 5.75 Å². The first-order valence-electron chi connectivity index (χ1n) is 6.50. The molecule has 0 aliphatic carbocycles. The largest absolute Gasteiger partial charge is 0.497 e. The number of benzene rings is 1. The summed E-state index contributed by atoms with van der Waals surface area (Å²) in [5, 5.41) is 9.56. The van der Waals surface area contributed by atoms with Gasteiger partial charge in [-0.1, -0.05) is 12.1 Å². The zero-order valence-electron chi connectivity index (χ0n) is 10.9. The quantitative estimate of drug-likeness (QED) is 0.841. The zero-order valence-corrected chi connectivity index (χ0v) is 10.9. The van der Waals surface area contributed by atoms with Crippen LogP contribution in [-0.4, -0.2) is 42.9 Å². The number of hydrogen-bond donors (Lipinski definition) is 2. The van der Waals surface area contributed by atoms with E-state index in [0.29, 0.717) is 6.54 Å². The van der Waals surface area contributed by atoms with Gasteiger partial charge in [-0.3, -0.25) is 4.90 Å². The van der Waals surface area contributed by atoms with E-state index in [2.05, 4.69) is 11.0 Å². The maximum Gasteiger partial charge on any atom is 0.119 e. The molecule has 100 valence electrons. The highest BCUT2D eigenvalue weighted by atomic mass is 16.5. The third-order valence-corrected chi connectivity index (χ3v) is 3.64. The monoisotopic (exact) mass is 250 g/mol. The Morgan fingerprint density at radius 1 is 1.44 bits per heavy atom. The number of nitrogens with zero attached hydrogens (tertiary/aromatic N) is 1. The fourth-order valence-corrected chi connectivity index (χ4v) is 2.54. The van der Waals surface area contributed by atoms with Crippen LogP contribution < -0.4 is 10.5 Å². The van der Waals surface area contributed by atoms with Gasteiger partial charge in [-0.25, -0.2) is 0 Å². The number of piperidine rings is 1. The first-order chi connectivity index (χ1) is 8.74. The van der Waals surface area contributed by atoms with E-state index in [0.717, 1.165) is 31.7 Å². The van der Waals surface area contributed by atoms with Crippen LogP contribution in [-0.2, 0) is 0 Å². The topological polar surface area (TPSA) is 58.7 Å². The van der Waals surface area contributed by atoms with Gasteiger partial charge in [0, 0.05) is 25.7 Å². The summed E-state index contributed by atoms with van der Waals surface area (Å²) in [4.78, 5) is 2.35. The highest BCUT2D eigenvalue weighted by Gasteiger charge is 2.24. The van der Waals surface area contributed by atoms with Gasteiger partial charge in [-0.15, -0.1) is 0 Å². The molecule has 2 rings (SSSR count). The van der Waals surface area contributed by atoms with Gasteiger partial charge in [0.15, 0.2) is 0 Å². The predicted octanol–water partition coefficient (Wildman–Crippen LogP) is 1.15. The number of aliphatic hydroxyl groups is 1. The minimum absolute atomic E-state index is 0.148. The molecule has 1 aliphatic rings. The van der Waals surface area contributed by atoms with E-state index in [9.17, 15) is 5.11 Å². The van der Waals surface area contributed by atoms with Crippen LogP contribution >= 0.6 is 0 Å². The summed E-state index contributed by atoms with van der Waals surface area (Å²) in [6.07, 6.45) is 1.52. The summed E-state index contributed by atoms with van der Waals surface area (Å²) in [7, 11) is 1.67. The fraction of sp³-hybridized carbons (Fsp3) is 0.571. The first-order valence-corrected chi connectivity index (χ1v) is 6.50. The second-order valence-electron chi connectivity index (χ2n) is 4.80. The number of likely N-dealkylation sites (tertiary alicyclic amines) is 1. The van der Waals surface area contributed by atoms with Gasteiger partial charge in [0.25, 0.3) is 0 Å². The Hall–Kier alpha value is -1.10. The van der Waals surface area contributed by atoms with Gasteiger partial charge in [0.05, 0.1) is 13.2 Å². The average Bonchev–Trinajstić information content (AvgIpc) is 2.42. The second-order valence-corrected chi connectivity index (χ2v) is 4.80. The van der Waals surface area contributed by atoms with Crippen LogP contribution in [0.15, 0.2) is 24.3 Å². The molecular weight excluding hydrogens is 228 g/mol. The third-order valence-electron chi connectivity index (χ3n) is 3.64. The van der Waals surface area contributed by atoms with Crippen molar-refractivity contribution < 1.29 is 9.84 Å². The van der Waals surface area contributed by atoms with E-state index in [1.54, 1.807) is 7.11 Å². The van der Waals surface area contributed by atoms with Crippen LogP contribution in [0.5, 0.6) is 5.75 Å². The highest BCUT2D eigenvalue weighted by Crippen LogP contribution is 2.26. The highest BCUT2D eigenvalue weighted by molar-refractivity contribution is 5.30. The molecule has 0 radical (unpaired) electrons. The Labute approximate surface area is 108 Å². The van der Waals surface area contributed by atoms with E-state index in [-0.39, 0.29) is 12.1 Å². The van der Waals surface area contributed by atoms with Crippen molar-refractivity contribution in [3.63, 3.8) is 0 Å². The van der Waals surface area contributed by atoms with Crippen molar-refractivity contribution >= 4 is 0 Å². The van der Waals surface area contributed by atoms with E-state index in [1.807, 2.05) is 18.2 Å². The van der Waals surface area contributed by atoms with Crippen molar-refractivity contribution in [2.24, 2.45) is 5.73 Å². The Balaban J connectivity index is 2.11. The minimum atomic E-state index is -0.148. The van der Waals surface area contributed by atoms with Crippen LogP contribution in [0.2, 0.25) is 0 Å². The van der Waals surface area contributed by atoms with Gasteiger partial charge in [-0.2, -0.15) is 0 Å². The Morgan fingerprint density at radius 2 is 2.17 bits per heavy atom. The molecular formula is C14H22N2O2. The van der Waals surface area contributed by atoms with Crippen molar-refractivity contribution in [1.29, 1.82) is 0 Å². The summed E-state index contributed by atoms with van der Waals surface area (Å²) in [6, 6.07) is 8.29. The molecule has 0 amide bonds. The minimum Gasteiger partial charge on any atom is -0.497 e. The lowest BCUT2D eigenvalue weighted by Crippen LogP contribution is -2.41. The lowest BCUT2D eigenvalue weighted by atomic mass is 10.0. The lowest BCUT2D eigenvalue weighted by molar-refractivity contribution is 0.0621. The van der Waals surface area contributed by atoms with E-state index >= 15 is 0 Å². The smallest absolute Gasteiger partial charge is 0.119 e. The SMILES string of the molecule is COc1cccc(C(CN)N2CCC(O)CC2)c1. The van der Waals surface area contributed by atoms with Gasteiger partial charge in [0.1, 0.15) is 5.75 Å². The zero-order chi connectivity index (χ0) is 13.0. The molecule has 1 aromatic rings. The van der Waals surface area contributed by atoms with E-state index < -0.39 is 0 Å². The van der Waals surface area contributed by atoms with Crippen molar-refractivity contribution in [2.75, 3.05) is 26.7 Å². The summed E-state index contributed by atoms with van der Waals surface area (Å²) in [6.45, 7) is 2.39. The van der Waals surface area contributed by atoms with E-state index in [4.69, 9.17) is 10.5 Å². The number of hydrogen-bond acceptors (Lipinski definition) is 4. The molecule has 1 saturated heterocycles. The molecule has 3 N–H and O–H groups in total. The number of aliphatic hydroxyl groups excluding tert-OH is 1. The molecule has 1 heterocycles. The average molecular weight is 250 g/mol. The summed E-state index contributed by atoms with van der Waals surface area (Å²) >= 11 is 0. The molecule has 1 aliphatic heterocycles. The maximum absolute atomic E-state index is 9.56. The molecule has 0 spiro atoms. The number of ether oxygens (including phenoxy) is 1. The van der Waals surface area contributed by atoms with Crippen molar-refractivity contribution in [2.45, 2.75) is 25.0 Å². The van der Waals surface area contributed by atoms with Crippen molar-refractivity contribution in [1.82, 2.24) is 4.90 Å². The molecule has 18 heavy (non-hydrogen) atoms. The van der Waals surface area contributed by atoms with Gasteiger partial charge < -0.3 is 15.6 Å². The van der Waals surface area contributed by atoms with Gasteiger partial charge in [-0.05, 0) is 30.5 Å². The van der Waals surface area contributed by atoms with Crippen LogP contribution in [0.4, 0.5) is 0 Å². The molecule has 1 unspecified atom stereocenters. The summed E-state index contributed by atoms with van der Waals surface area (Å²) in [5.74, 6) is 0.864. The van der Waals surface area contributed by atoms with Crippen LogP contribution in [0.25, 0.3) is 0 Å².